The van der Waals surface area contributed by atoms with E-state index in [0.717, 1.165) is 18.0 Å². The van der Waals surface area contributed by atoms with Crippen molar-refractivity contribution in [2.24, 2.45) is 0 Å². The Morgan fingerprint density at radius 3 is 2.64 bits per heavy atom. The minimum absolute atomic E-state index is 0.442. The number of hydrogen-bond donors (Lipinski definition) is 0. The summed E-state index contributed by atoms with van der Waals surface area (Å²) in [5.41, 5.74) is 1.67. The molecule has 4 heteroatoms. The molecule has 0 aromatic carbocycles. The summed E-state index contributed by atoms with van der Waals surface area (Å²) in [6, 6.07) is 1.83. The van der Waals surface area contributed by atoms with Crippen LogP contribution < -0.4 is 0 Å². The Morgan fingerprint density at radius 1 is 1.29 bits per heavy atom. The van der Waals surface area contributed by atoms with Crippen LogP contribution in [0.1, 0.15) is 5.56 Å². The molecule has 3 nitrogen and oxygen atoms in total. The fourth-order valence-electron chi connectivity index (χ4n) is 1.09. The third-order valence-corrected chi connectivity index (χ3v) is 1.81. The largest absolute Gasteiger partial charge is 0.254 e. The van der Waals surface area contributed by atoms with E-state index in [0.29, 0.717) is 11.4 Å². The second kappa shape index (κ2) is 3.49. The fraction of sp³-hybridized carbons (Fsp3) is 0.100. The monoisotopic (exact) mass is 188 g/mol. The zero-order valence-corrected chi connectivity index (χ0v) is 7.53. The van der Waals surface area contributed by atoms with E-state index < -0.39 is 5.82 Å². The molecule has 0 aliphatic rings. The van der Waals surface area contributed by atoms with Crippen molar-refractivity contribution in [3.05, 3.63) is 42.2 Å². The first-order chi connectivity index (χ1) is 6.77. The van der Waals surface area contributed by atoms with Crippen molar-refractivity contribution in [3.8, 4) is 11.4 Å². The molecule has 2 aromatic heterocycles. The average Bonchev–Trinajstić information content (AvgIpc) is 2.20. The lowest BCUT2D eigenvalue weighted by Gasteiger charge is -2.01. The van der Waals surface area contributed by atoms with Gasteiger partial charge in [0, 0.05) is 6.20 Å². The summed E-state index contributed by atoms with van der Waals surface area (Å²) in [4.78, 5) is 11.5. The van der Waals surface area contributed by atoms with Crippen molar-refractivity contribution in [1.82, 2.24) is 15.0 Å². The highest BCUT2D eigenvalue weighted by Crippen LogP contribution is 2.16. The summed E-state index contributed by atoms with van der Waals surface area (Å²) in [5, 5.41) is 0. The molecule has 0 spiro atoms. The lowest BCUT2D eigenvalue weighted by Crippen LogP contribution is -1.92. The average molecular weight is 188 g/mol. The van der Waals surface area contributed by atoms with Crippen LogP contribution in [0.25, 0.3) is 11.4 Å². The summed E-state index contributed by atoms with van der Waals surface area (Å²) in [6.07, 6.45) is 6.67. The van der Waals surface area contributed by atoms with Gasteiger partial charge in [0.05, 0.1) is 18.0 Å². The number of halogens is 1. The number of aromatic nitrogens is 3. The highest BCUT2D eigenvalue weighted by Gasteiger charge is 2.04. The van der Waals surface area contributed by atoms with Crippen molar-refractivity contribution >= 4 is 0 Å². The second-order valence-electron chi connectivity index (χ2n) is 2.84. The van der Waals surface area contributed by atoms with E-state index >= 15 is 0 Å². The molecule has 0 bridgehead atoms. The van der Waals surface area contributed by atoms with Crippen molar-refractivity contribution in [2.45, 2.75) is 6.92 Å². The third kappa shape index (κ3) is 1.59. The van der Waals surface area contributed by atoms with Gasteiger partial charge in [-0.1, -0.05) is 0 Å². The molecule has 0 fully saturated rings. The lowest BCUT2D eigenvalue weighted by atomic mass is 10.1. The fourth-order valence-corrected chi connectivity index (χ4v) is 1.09. The maximum Gasteiger partial charge on any atom is 0.161 e. The Balaban J connectivity index is 2.50. The van der Waals surface area contributed by atoms with Crippen LogP contribution in [0.2, 0.25) is 0 Å². The molecule has 2 aromatic rings. The zero-order valence-electron chi connectivity index (χ0n) is 7.53. The van der Waals surface area contributed by atoms with Gasteiger partial charge >= 0.3 is 0 Å². The second-order valence-corrected chi connectivity index (χ2v) is 2.84. The van der Waals surface area contributed by atoms with Gasteiger partial charge in [0.1, 0.15) is 6.20 Å². The van der Waals surface area contributed by atoms with Gasteiger partial charge in [-0.3, -0.25) is 4.98 Å². The molecular formula is C10H7FN3. The van der Waals surface area contributed by atoms with E-state index in [2.05, 4.69) is 21.1 Å². The molecule has 0 saturated carbocycles. The minimum Gasteiger partial charge on any atom is -0.254 e. The van der Waals surface area contributed by atoms with Gasteiger partial charge in [0.25, 0.3) is 0 Å². The molecule has 0 aliphatic heterocycles. The molecule has 14 heavy (non-hydrogen) atoms. The van der Waals surface area contributed by atoms with E-state index in [4.69, 9.17) is 0 Å². The quantitative estimate of drug-likeness (QED) is 0.684. The van der Waals surface area contributed by atoms with Crippen LogP contribution >= 0.6 is 0 Å². The highest BCUT2D eigenvalue weighted by atomic mass is 19.1. The standard InChI is InChI=1S/C10H7FN3/c1-7-2-3-12-6-9(7)10-13-4-8(11)5-14-10/h2-5H,1H3. The first kappa shape index (κ1) is 8.74. The van der Waals surface area contributed by atoms with Gasteiger partial charge in [-0.2, -0.15) is 0 Å². The molecule has 0 aliphatic carbocycles. The Kier molecular flexibility index (Phi) is 2.18. The van der Waals surface area contributed by atoms with Crippen LogP contribution in [-0.4, -0.2) is 15.0 Å². The molecule has 0 atom stereocenters. The van der Waals surface area contributed by atoms with E-state index in [-0.39, 0.29) is 0 Å². The topological polar surface area (TPSA) is 38.7 Å². The number of pyridine rings is 1. The maximum atomic E-state index is 12.6. The first-order valence-electron chi connectivity index (χ1n) is 4.08. The highest BCUT2D eigenvalue weighted by molar-refractivity contribution is 5.56. The Morgan fingerprint density at radius 2 is 2.00 bits per heavy atom. The molecule has 2 rings (SSSR count). The van der Waals surface area contributed by atoms with Crippen LogP contribution in [0, 0.1) is 18.9 Å². The zero-order chi connectivity index (χ0) is 9.97. The van der Waals surface area contributed by atoms with Crippen LogP contribution in [-0.2, 0) is 0 Å². The summed E-state index contributed by atoms with van der Waals surface area (Å²) in [5.74, 6) is -0.00714. The van der Waals surface area contributed by atoms with Crippen LogP contribution in [0.4, 0.5) is 4.39 Å². The number of aryl methyl sites for hydroxylation is 1. The molecule has 0 saturated heterocycles. The summed E-state index contributed by atoms with van der Waals surface area (Å²) in [6.45, 7) is 1.90. The lowest BCUT2D eigenvalue weighted by molar-refractivity contribution is 0.614. The number of nitrogens with zero attached hydrogens (tertiary/aromatic N) is 3. The van der Waals surface area contributed by atoms with Crippen LogP contribution in [0.15, 0.2) is 24.7 Å². The van der Waals surface area contributed by atoms with E-state index in [1.165, 1.54) is 0 Å². The van der Waals surface area contributed by atoms with Crippen LogP contribution in [0.3, 0.4) is 0 Å². The molecular weight excluding hydrogens is 181 g/mol. The van der Waals surface area contributed by atoms with Gasteiger partial charge in [0.15, 0.2) is 11.6 Å². The molecule has 0 unspecified atom stereocenters. The minimum atomic E-state index is -0.449. The first-order valence-corrected chi connectivity index (χ1v) is 4.08. The predicted molar refractivity (Wildman–Crippen MR) is 48.8 cm³/mol. The Labute approximate surface area is 80.7 Å². The molecule has 1 radical (unpaired) electrons. The van der Waals surface area contributed by atoms with Crippen molar-refractivity contribution in [2.75, 3.05) is 0 Å². The maximum absolute atomic E-state index is 12.6. The van der Waals surface area contributed by atoms with E-state index in [9.17, 15) is 4.39 Å². The van der Waals surface area contributed by atoms with Gasteiger partial charge in [0.2, 0.25) is 0 Å². The molecule has 0 amide bonds. The molecule has 0 N–H and O–H groups in total. The summed E-state index contributed by atoms with van der Waals surface area (Å²) >= 11 is 0. The molecule has 2 heterocycles. The van der Waals surface area contributed by atoms with E-state index in [1.54, 1.807) is 6.20 Å². The van der Waals surface area contributed by atoms with Crippen molar-refractivity contribution in [1.29, 1.82) is 0 Å². The molecule has 69 valence electrons. The van der Waals surface area contributed by atoms with Crippen LogP contribution in [0.5, 0.6) is 0 Å². The summed E-state index contributed by atoms with van der Waals surface area (Å²) in [7, 11) is 0. The number of hydrogen-bond acceptors (Lipinski definition) is 3. The van der Waals surface area contributed by atoms with Gasteiger partial charge < -0.3 is 0 Å². The third-order valence-electron chi connectivity index (χ3n) is 1.81. The Bertz CT molecular complexity index is 439. The summed E-state index contributed by atoms with van der Waals surface area (Å²) < 4.78 is 12.6. The van der Waals surface area contributed by atoms with Gasteiger partial charge in [-0.15, -0.1) is 0 Å². The van der Waals surface area contributed by atoms with Crippen molar-refractivity contribution in [3.63, 3.8) is 0 Å². The van der Waals surface area contributed by atoms with E-state index in [1.807, 2.05) is 13.0 Å². The van der Waals surface area contributed by atoms with Crippen molar-refractivity contribution < 1.29 is 4.39 Å². The van der Waals surface area contributed by atoms with Gasteiger partial charge in [-0.25, -0.2) is 14.4 Å². The smallest absolute Gasteiger partial charge is 0.161 e. The van der Waals surface area contributed by atoms with Gasteiger partial charge in [-0.05, 0) is 18.6 Å². The SMILES string of the molecule is Cc1ccn[c]c1-c1ncc(F)cn1. The number of rotatable bonds is 1. The normalized spacial score (nSPS) is 10.1. The Hall–Kier alpha value is -1.84. The predicted octanol–water partition coefficient (Wildman–Crippen LogP) is 1.79.